The molecule has 2 N–H and O–H groups in total. The van der Waals surface area contributed by atoms with E-state index in [4.69, 9.17) is 10.5 Å². The number of hydrogen-bond donors (Lipinski definition) is 1. The van der Waals surface area contributed by atoms with Gasteiger partial charge in [0.25, 0.3) is 0 Å². The molecule has 2 aromatic rings. The first-order valence-electron chi connectivity index (χ1n) is 7.85. The van der Waals surface area contributed by atoms with Gasteiger partial charge in [0, 0.05) is 6.54 Å². The molecule has 0 atom stereocenters. The summed E-state index contributed by atoms with van der Waals surface area (Å²) in [7, 11) is 0. The fraction of sp³-hybridized carbons (Fsp3) is 0.368. The van der Waals surface area contributed by atoms with E-state index in [-0.39, 0.29) is 0 Å². The molecule has 0 spiro atoms. The van der Waals surface area contributed by atoms with E-state index in [2.05, 4.69) is 48.5 Å². The molecule has 0 aliphatic heterocycles. The Morgan fingerprint density at radius 2 is 1.67 bits per heavy atom. The first-order chi connectivity index (χ1) is 10.3. The highest BCUT2D eigenvalue weighted by molar-refractivity contribution is 5.64. The van der Waals surface area contributed by atoms with Crippen molar-refractivity contribution < 1.29 is 4.74 Å². The van der Waals surface area contributed by atoms with Crippen molar-refractivity contribution in [2.24, 2.45) is 5.73 Å². The number of ether oxygens (including phenoxy) is 1. The van der Waals surface area contributed by atoms with E-state index in [9.17, 15) is 0 Å². The van der Waals surface area contributed by atoms with E-state index in [1.807, 2.05) is 0 Å². The normalized spacial score (nSPS) is 15.5. The standard InChI is InChI=1S/C19H23NO/c20-13-16-4-3-5-18(12-16)17-10-8-15(9-11-17)14-21-19-6-1-2-7-19/h3-5,8-12,19H,1-2,6-7,13-14,20H2. The SMILES string of the molecule is NCc1cccc(-c2ccc(COC3CCCC3)cc2)c1. The highest BCUT2D eigenvalue weighted by atomic mass is 16.5. The van der Waals surface area contributed by atoms with E-state index >= 15 is 0 Å². The van der Waals surface area contributed by atoms with Crippen molar-refractivity contribution in [3.63, 3.8) is 0 Å². The summed E-state index contributed by atoms with van der Waals surface area (Å²) in [6.45, 7) is 1.31. The molecule has 0 bridgehead atoms. The van der Waals surface area contributed by atoms with Crippen LogP contribution in [0.15, 0.2) is 48.5 Å². The maximum Gasteiger partial charge on any atom is 0.0720 e. The van der Waals surface area contributed by atoms with Crippen molar-refractivity contribution in [3.05, 3.63) is 59.7 Å². The van der Waals surface area contributed by atoms with Crippen LogP contribution in [0.1, 0.15) is 36.8 Å². The smallest absolute Gasteiger partial charge is 0.0720 e. The van der Waals surface area contributed by atoms with Gasteiger partial charge in [0.1, 0.15) is 0 Å². The van der Waals surface area contributed by atoms with Crippen molar-refractivity contribution in [1.82, 2.24) is 0 Å². The Kier molecular flexibility index (Phi) is 4.69. The number of rotatable bonds is 5. The zero-order valence-electron chi connectivity index (χ0n) is 12.4. The molecule has 1 saturated carbocycles. The topological polar surface area (TPSA) is 35.2 Å². The highest BCUT2D eigenvalue weighted by Crippen LogP contribution is 2.24. The van der Waals surface area contributed by atoms with E-state index in [1.54, 1.807) is 0 Å². The molecule has 1 aliphatic carbocycles. The molecule has 3 rings (SSSR count). The van der Waals surface area contributed by atoms with Crippen molar-refractivity contribution in [2.45, 2.75) is 44.9 Å². The predicted molar refractivity (Wildman–Crippen MR) is 86.8 cm³/mol. The molecule has 0 aromatic heterocycles. The Bertz CT molecular complexity index is 570. The summed E-state index contributed by atoms with van der Waals surface area (Å²) in [6, 6.07) is 17.1. The number of nitrogens with two attached hydrogens (primary N) is 1. The van der Waals surface area contributed by atoms with Gasteiger partial charge >= 0.3 is 0 Å². The molecule has 1 fully saturated rings. The van der Waals surface area contributed by atoms with Crippen molar-refractivity contribution >= 4 is 0 Å². The summed E-state index contributed by atoms with van der Waals surface area (Å²) in [4.78, 5) is 0. The van der Waals surface area contributed by atoms with Gasteiger partial charge in [-0.2, -0.15) is 0 Å². The Morgan fingerprint density at radius 3 is 2.38 bits per heavy atom. The summed E-state index contributed by atoms with van der Waals surface area (Å²) >= 11 is 0. The summed E-state index contributed by atoms with van der Waals surface area (Å²) in [5.41, 5.74) is 10.6. The third kappa shape index (κ3) is 3.72. The minimum Gasteiger partial charge on any atom is -0.374 e. The molecule has 0 heterocycles. The van der Waals surface area contributed by atoms with E-state index in [0.717, 1.165) is 6.61 Å². The number of benzene rings is 2. The number of hydrogen-bond acceptors (Lipinski definition) is 2. The molecule has 0 unspecified atom stereocenters. The van der Waals surface area contributed by atoms with Gasteiger partial charge in [-0.15, -0.1) is 0 Å². The van der Waals surface area contributed by atoms with Crippen LogP contribution in [-0.2, 0) is 17.9 Å². The zero-order chi connectivity index (χ0) is 14.5. The van der Waals surface area contributed by atoms with Crippen LogP contribution in [0, 0.1) is 0 Å². The minimum atomic E-state index is 0.478. The lowest BCUT2D eigenvalue weighted by atomic mass is 10.0. The third-order valence-electron chi connectivity index (χ3n) is 4.24. The van der Waals surface area contributed by atoms with Crippen molar-refractivity contribution in [1.29, 1.82) is 0 Å². The fourth-order valence-corrected chi connectivity index (χ4v) is 2.94. The van der Waals surface area contributed by atoms with Crippen LogP contribution < -0.4 is 5.73 Å². The second-order valence-corrected chi connectivity index (χ2v) is 5.82. The van der Waals surface area contributed by atoms with Gasteiger partial charge in [0.15, 0.2) is 0 Å². The zero-order valence-corrected chi connectivity index (χ0v) is 12.4. The maximum atomic E-state index is 5.95. The van der Waals surface area contributed by atoms with Crippen LogP contribution in [0.3, 0.4) is 0 Å². The highest BCUT2D eigenvalue weighted by Gasteiger charge is 2.15. The Hall–Kier alpha value is -1.64. The second kappa shape index (κ2) is 6.88. The molecule has 21 heavy (non-hydrogen) atoms. The third-order valence-corrected chi connectivity index (χ3v) is 4.24. The van der Waals surface area contributed by atoms with E-state index in [1.165, 1.54) is 47.9 Å². The minimum absolute atomic E-state index is 0.478. The first kappa shape index (κ1) is 14.3. The molecule has 1 aliphatic rings. The van der Waals surface area contributed by atoms with Crippen molar-refractivity contribution in [3.8, 4) is 11.1 Å². The fourth-order valence-electron chi connectivity index (χ4n) is 2.94. The summed E-state index contributed by atoms with van der Waals surface area (Å²) in [5.74, 6) is 0. The molecular formula is C19H23NO. The van der Waals surface area contributed by atoms with E-state index < -0.39 is 0 Å². The van der Waals surface area contributed by atoms with Gasteiger partial charge in [0.2, 0.25) is 0 Å². The lowest BCUT2D eigenvalue weighted by Gasteiger charge is -2.11. The van der Waals surface area contributed by atoms with Gasteiger partial charge in [0.05, 0.1) is 12.7 Å². The molecule has 0 amide bonds. The van der Waals surface area contributed by atoms with E-state index in [0.29, 0.717) is 12.6 Å². The quantitative estimate of drug-likeness (QED) is 0.888. The van der Waals surface area contributed by atoms with Crippen LogP contribution >= 0.6 is 0 Å². The lowest BCUT2D eigenvalue weighted by molar-refractivity contribution is 0.0457. The molecular weight excluding hydrogens is 258 g/mol. The Balaban J connectivity index is 1.65. The predicted octanol–water partition coefficient (Wildman–Crippen LogP) is 4.27. The summed E-state index contributed by atoms with van der Waals surface area (Å²) in [5, 5.41) is 0. The van der Waals surface area contributed by atoms with Gasteiger partial charge in [-0.3, -0.25) is 0 Å². The summed E-state index contributed by atoms with van der Waals surface area (Å²) in [6.07, 6.45) is 5.57. The van der Waals surface area contributed by atoms with Crippen LogP contribution in [0.5, 0.6) is 0 Å². The Morgan fingerprint density at radius 1 is 0.905 bits per heavy atom. The Labute approximate surface area is 126 Å². The average molecular weight is 281 g/mol. The molecule has 2 aromatic carbocycles. The summed E-state index contributed by atoms with van der Waals surface area (Å²) < 4.78 is 5.95. The molecule has 110 valence electrons. The maximum absolute atomic E-state index is 5.95. The van der Waals surface area contributed by atoms with Crippen LogP contribution in [0.25, 0.3) is 11.1 Å². The molecule has 2 nitrogen and oxygen atoms in total. The average Bonchev–Trinajstić information content (AvgIpc) is 3.07. The first-order valence-corrected chi connectivity index (χ1v) is 7.85. The molecule has 2 heteroatoms. The molecule has 0 saturated heterocycles. The van der Waals surface area contributed by atoms with Crippen molar-refractivity contribution in [2.75, 3.05) is 0 Å². The lowest BCUT2D eigenvalue weighted by Crippen LogP contribution is -2.06. The van der Waals surface area contributed by atoms with Crippen LogP contribution in [0.4, 0.5) is 0 Å². The van der Waals surface area contributed by atoms with Gasteiger partial charge in [-0.25, -0.2) is 0 Å². The van der Waals surface area contributed by atoms with Gasteiger partial charge in [-0.05, 0) is 41.2 Å². The molecule has 0 radical (unpaired) electrons. The largest absolute Gasteiger partial charge is 0.374 e. The van der Waals surface area contributed by atoms with Gasteiger partial charge in [-0.1, -0.05) is 55.3 Å². The second-order valence-electron chi connectivity index (χ2n) is 5.82. The van der Waals surface area contributed by atoms with Gasteiger partial charge < -0.3 is 10.5 Å². The van der Waals surface area contributed by atoms with Crippen LogP contribution in [-0.4, -0.2) is 6.10 Å². The van der Waals surface area contributed by atoms with Crippen LogP contribution in [0.2, 0.25) is 0 Å². The monoisotopic (exact) mass is 281 g/mol.